The van der Waals surface area contributed by atoms with Crippen LogP contribution in [0.3, 0.4) is 0 Å². The Labute approximate surface area is 190 Å². The third kappa shape index (κ3) is 4.52. The lowest BCUT2D eigenvalue weighted by Crippen LogP contribution is -2.48. The van der Waals surface area contributed by atoms with Gasteiger partial charge in [0.2, 0.25) is 0 Å². The van der Waals surface area contributed by atoms with E-state index in [1.807, 2.05) is 4.68 Å². The summed E-state index contributed by atoms with van der Waals surface area (Å²) in [5.41, 5.74) is 4.81. The van der Waals surface area contributed by atoms with Crippen molar-refractivity contribution in [2.24, 2.45) is 5.92 Å². The van der Waals surface area contributed by atoms with Gasteiger partial charge < -0.3 is 0 Å². The summed E-state index contributed by atoms with van der Waals surface area (Å²) in [6, 6.07) is 17.2. The summed E-state index contributed by atoms with van der Waals surface area (Å²) in [5.74, 6) is 1.66. The Balaban J connectivity index is 1.28. The van der Waals surface area contributed by atoms with E-state index in [1.165, 1.54) is 29.5 Å². The largest absolute Gasteiger partial charge is 0.297 e. The SMILES string of the molecule is Cc1cccc(C)c1-n1nnnc1C(C1CC1)N1CCN(C/C=C/c2ccccc2)CC1. The predicted octanol–water partition coefficient (Wildman–Crippen LogP) is 4.06. The van der Waals surface area contributed by atoms with Crippen molar-refractivity contribution in [3.8, 4) is 5.69 Å². The second kappa shape index (κ2) is 9.35. The van der Waals surface area contributed by atoms with Gasteiger partial charge >= 0.3 is 0 Å². The summed E-state index contributed by atoms with van der Waals surface area (Å²) in [6.45, 7) is 9.54. The lowest BCUT2D eigenvalue weighted by molar-refractivity contribution is 0.0877. The first-order valence-electron chi connectivity index (χ1n) is 11.7. The van der Waals surface area contributed by atoms with Gasteiger partial charge in [0.25, 0.3) is 0 Å². The Kier molecular flexibility index (Phi) is 6.14. The first kappa shape index (κ1) is 21.0. The van der Waals surface area contributed by atoms with E-state index in [-0.39, 0.29) is 0 Å². The number of rotatable bonds is 7. The van der Waals surface area contributed by atoms with Crippen LogP contribution in [0.5, 0.6) is 0 Å². The molecule has 2 heterocycles. The molecule has 3 aromatic rings. The van der Waals surface area contributed by atoms with Crippen LogP contribution in [0.25, 0.3) is 11.8 Å². The smallest absolute Gasteiger partial charge is 0.174 e. The minimum atomic E-state index is 0.297. The zero-order valence-electron chi connectivity index (χ0n) is 19.1. The van der Waals surface area contributed by atoms with Crippen LogP contribution < -0.4 is 0 Å². The molecular weight excluding hydrogens is 396 g/mol. The summed E-state index contributed by atoms with van der Waals surface area (Å²) in [7, 11) is 0. The number of hydrogen-bond acceptors (Lipinski definition) is 5. The Morgan fingerprint density at radius 2 is 1.66 bits per heavy atom. The lowest BCUT2D eigenvalue weighted by atomic mass is 10.1. The highest BCUT2D eigenvalue weighted by Gasteiger charge is 2.41. The van der Waals surface area contributed by atoms with Crippen molar-refractivity contribution in [1.29, 1.82) is 0 Å². The molecule has 1 atom stereocenters. The number of aromatic nitrogens is 4. The summed E-state index contributed by atoms with van der Waals surface area (Å²) in [4.78, 5) is 5.15. The molecule has 6 heteroatoms. The van der Waals surface area contributed by atoms with Gasteiger partial charge in [-0.3, -0.25) is 9.80 Å². The molecule has 2 aromatic carbocycles. The number of hydrogen-bond donors (Lipinski definition) is 0. The Hall–Kier alpha value is -2.83. The molecule has 1 saturated carbocycles. The highest BCUT2D eigenvalue weighted by molar-refractivity contribution is 5.49. The molecule has 0 spiro atoms. The van der Waals surface area contributed by atoms with E-state index in [9.17, 15) is 0 Å². The van der Waals surface area contributed by atoms with E-state index in [2.05, 4.69) is 99.9 Å². The van der Waals surface area contributed by atoms with Crippen LogP contribution in [-0.2, 0) is 0 Å². The van der Waals surface area contributed by atoms with Crippen molar-refractivity contribution >= 4 is 6.08 Å². The average molecular weight is 429 g/mol. The third-order valence-corrected chi connectivity index (χ3v) is 6.75. The topological polar surface area (TPSA) is 50.1 Å². The second-order valence-electron chi connectivity index (χ2n) is 9.12. The van der Waals surface area contributed by atoms with Gasteiger partial charge in [0.15, 0.2) is 5.82 Å². The van der Waals surface area contributed by atoms with Crippen molar-refractivity contribution < 1.29 is 0 Å². The fourth-order valence-corrected chi connectivity index (χ4v) is 4.89. The molecule has 1 saturated heterocycles. The maximum absolute atomic E-state index is 4.55. The van der Waals surface area contributed by atoms with E-state index in [0.717, 1.165) is 44.2 Å². The van der Waals surface area contributed by atoms with Crippen LogP contribution in [0.2, 0.25) is 0 Å². The molecule has 1 aliphatic heterocycles. The van der Waals surface area contributed by atoms with Crippen molar-refractivity contribution in [1.82, 2.24) is 30.0 Å². The van der Waals surface area contributed by atoms with Crippen molar-refractivity contribution in [2.75, 3.05) is 32.7 Å². The van der Waals surface area contributed by atoms with Gasteiger partial charge in [-0.15, -0.1) is 5.10 Å². The Bertz CT molecular complexity index is 1040. The highest BCUT2D eigenvalue weighted by Crippen LogP contribution is 2.44. The van der Waals surface area contributed by atoms with Crippen LogP contribution in [0.1, 0.15) is 41.4 Å². The Morgan fingerprint density at radius 3 is 2.34 bits per heavy atom. The molecule has 0 radical (unpaired) electrons. The molecule has 166 valence electrons. The normalized spacial score (nSPS) is 18.9. The van der Waals surface area contributed by atoms with Crippen molar-refractivity contribution in [3.63, 3.8) is 0 Å². The van der Waals surface area contributed by atoms with Crippen LogP contribution >= 0.6 is 0 Å². The zero-order chi connectivity index (χ0) is 21.9. The molecule has 0 amide bonds. The summed E-state index contributed by atoms with van der Waals surface area (Å²) in [5, 5.41) is 13.1. The molecule has 1 unspecified atom stereocenters. The van der Waals surface area contributed by atoms with E-state index in [4.69, 9.17) is 0 Å². The first-order chi connectivity index (χ1) is 15.7. The molecule has 2 aliphatic rings. The molecule has 5 rings (SSSR count). The standard InChI is InChI=1S/C26H32N6/c1-20-8-6-9-21(2)24(20)32-26(27-28-29-32)25(23-13-14-23)31-18-16-30(17-19-31)15-7-12-22-10-4-3-5-11-22/h3-12,23,25H,13-19H2,1-2H3/b12-7+. The maximum atomic E-state index is 4.55. The minimum absolute atomic E-state index is 0.297. The van der Waals surface area contributed by atoms with Gasteiger partial charge in [-0.25, -0.2) is 0 Å². The monoisotopic (exact) mass is 428 g/mol. The van der Waals surface area contributed by atoms with Crippen molar-refractivity contribution in [2.45, 2.75) is 32.7 Å². The Morgan fingerprint density at radius 1 is 0.938 bits per heavy atom. The number of aryl methyl sites for hydroxylation is 2. The second-order valence-corrected chi connectivity index (χ2v) is 9.12. The summed E-state index contributed by atoms with van der Waals surface area (Å²) in [6.07, 6.45) is 7.04. The average Bonchev–Trinajstić information content (AvgIpc) is 3.53. The quantitative estimate of drug-likeness (QED) is 0.568. The predicted molar refractivity (Wildman–Crippen MR) is 128 cm³/mol. The molecular formula is C26H32N6. The van der Waals surface area contributed by atoms with E-state index in [1.54, 1.807) is 0 Å². The molecule has 32 heavy (non-hydrogen) atoms. The van der Waals surface area contributed by atoms with Gasteiger partial charge in [-0.1, -0.05) is 60.7 Å². The molecule has 1 aromatic heterocycles. The van der Waals surface area contributed by atoms with Crippen LogP contribution in [0.4, 0.5) is 0 Å². The molecule has 2 fully saturated rings. The van der Waals surface area contributed by atoms with Gasteiger partial charge in [-0.05, 0) is 59.7 Å². The van der Waals surface area contributed by atoms with Gasteiger partial charge in [-0.2, -0.15) is 4.68 Å². The number of piperazine rings is 1. The minimum Gasteiger partial charge on any atom is -0.297 e. The van der Waals surface area contributed by atoms with Crippen LogP contribution in [0.15, 0.2) is 54.6 Å². The van der Waals surface area contributed by atoms with Gasteiger partial charge in [0.1, 0.15) is 0 Å². The highest BCUT2D eigenvalue weighted by atomic mass is 15.6. The summed E-state index contributed by atoms with van der Waals surface area (Å²) >= 11 is 0. The third-order valence-electron chi connectivity index (χ3n) is 6.75. The van der Waals surface area contributed by atoms with E-state index in [0.29, 0.717) is 12.0 Å². The molecule has 0 bridgehead atoms. The lowest BCUT2D eigenvalue weighted by Gasteiger charge is -2.38. The fourth-order valence-electron chi connectivity index (χ4n) is 4.89. The number of para-hydroxylation sites is 1. The number of benzene rings is 2. The van der Waals surface area contributed by atoms with Gasteiger partial charge in [0.05, 0.1) is 11.7 Å². The number of nitrogens with zero attached hydrogens (tertiary/aromatic N) is 6. The van der Waals surface area contributed by atoms with E-state index < -0.39 is 0 Å². The van der Waals surface area contributed by atoms with Crippen LogP contribution in [0, 0.1) is 19.8 Å². The van der Waals surface area contributed by atoms with Crippen LogP contribution in [-0.4, -0.2) is 62.7 Å². The van der Waals surface area contributed by atoms with Crippen molar-refractivity contribution in [3.05, 3.63) is 77.1 Å². The molecule has 6 nitrogen and oxygen atoms in total. The van der Waals surface area contributed by atoms with Gasteiger partial charge in [0, 0.05) is 32.7 Å². The zero-order valence-corrected chi connectivity index (χ0v) is 19.1. The number of tetrazole rings is 1. The fraction of sp³-hybridized carbons (Fsp3) is 0.423. The summed E-state index contributed by atoms with van der Waals surface area (Å²) < 4.78 is 2.00. The molecule has 1 aliphatic carbocycles. The van der Waals surface area contributed by atoms with E-state index >= 15 is 0 Å². The first-order valence-corrected chi connectivity index (χ1v) is 11.7. The molecule has 0 N–H and O–H groups in total. The maximum Gasteiger partial charge on any atom is 0.174 e.